The van der Waals surface area contributed by atoms with E-state index in [4.69, 9.17) is 9.47 Å². The molecule has 0 spiro atoms. The summed E-state index contributed by atoms with van der Waals surface area (Å²) in [5, 5.41) is 7.03. The maximum Gasteiger partial charge on any atom is 0.203 e. The molecular formula is C20H21N3O2S. The van der Waals surface area contributed by atoms with Crippen LogP contribution in [0.1, 0.15) is 19.4 Å². The molecule has 0 amide bonds. The van der Waals surface area contributed by atoms with Crippen LogP contribution in [0.5, 0.6) is 11.5 Å². The fraction of sp³-hybridized carbons (Fsp3) is 0.200. The van der Waals surface area contributed by atoms with Crippen LogP contribution in [0.4, 0.5) is 5.13 Å². The van der Waals surface area contributed by atoms with E-state index in [-0.39, 0.29) is 0 Å². The predicted molar refractivity (Wildman–Crippen MR) is 108 cm³/mol. The van der Waals surface area contributed by atoms with Crippen LogP contribution < -0.4 is 14.9 Å². The quantitative estimate of drug-likeness (QED) is 0.447. The van der Waals surface area contributed by atoms with Crippen LogP contribution in [-0.2, 0) is 0 Å². The first-order valence-electron chi connectivity index (χ1n) is 8.49. The van der Waals surface area contributed by atoms with Gasteiger partial charge in [-0.3, -0.25) is 5.43 Å². The van der Waals surface area contributed by atoms with Crippen molar-refractivity contribution < 1.29 is 9.47 Å². The molecule has 2 aromatic carbocycles. The second-order valence-corrected chi connectivity index (χ2v) is 6.24. The molecule has 0 unspecified atom stereocenters. The number of hydrazone groups is 1. The van der Waals surface area contributed by atoms with Gasteiger partial charge in [-0.05, 0) is 26.0 Å². The molecule has 1 N–H and O–H groups in total. The molecular weight excluding hydrogens is 346 g/mol. The molecule has 0 aliphatic heterocycles. The first kappa shape index (κ1) is 17.9. The van der Waals surface area contributed by atoms with Crippen LogP contribution in [0.15, 0.2) is 59.0 Å². The number of aromatic nitrogens is 1. The minimum atomic E-state index is 0.603. The van der Waals surface area contributed by atoms with Crippen LogP contribution >= 0.6 is 11.3 Å². The number of anilines is 1. The van der Waals surface area contributed by atoms with E-state index in [1.165, 1.54) is 11.3 Å². The Hall–Kier alpha value is -2.86. The second kappa shape index (κ2) is 9.01. The molecule has 134 valence electrons. The summed E-state index contributed by atoms with van der Waals surface area (Å²) in [7, 11) is 0. The normalized spacial score (nSPS) is 10.8. The standard InChI is InChI=1S/C20H21N3O2S/c1-3-24-17-10-15(11-18(12-17)25-4-2)13-21-23-20-22-19(14-26-20)16-8-6-5-7-9-16/h5-14H,3-4H2,1-2H3,(H,22,23). The highest BCUT2D eigenvalue weighted by molar-refractivity contribution is 7.14. The van der Waals surface area contributed by atoms with Crippen molar-refractivity contribution in [1.82, 2.24) is 4.98 Å². The molecule has 3 rings (SSSR count). The van der Waals surface area contributed by atoms with Gasteiger partial charge in [0.25, 0.3) is 0 Å². The van der Waals surface area contributed by atoms with Gasteiger partial charge in [0.2, 0.25) is 5.13 Å². The first-order chi connectivity index (χ1) is 12.8. The van der Waals surface area contributed by atoms with Crippen LogP contribution in [0.2, 0.25) is 0 Å². The Morgan fingerprint density at radius 1 is 1.04 bits per heavy atom. The van der Waals surface area contributed by atoms with E-state index >= 15 is 0 Å². The number of hydrogen-bond donors (Lipinski definition) is 1. The van der Waals surface area contributed by atoms with Crippen molar-refractivity contribution in [2.75, 3.05) is 18.6 Å². The van der Waals surface area contributed by atoms with Gasteiger partial charge < -0.3 is 9.47 Å². The van der Waals surface area contributed by atoms with E-state index < -0.39 is 0 Å². The topological polar surface area (TPSA) is 55.7 Å². The van der Waals surface area contributed by atoms with Crippen molar-refractivity contribution in [3.8, 4) is 22.8 Å². The van der Waals surface area contributed by atoms with Crippen LogP contribution in [0.25, 0.3) is 11.3 Å². The van der Waals surface area contributed by atoms with Gasteiger partial charge in [0.1, 0.15) is 11.5 Å². The Morgan fingerprint density at radius 3 is 2.38 bits per heavy atom. The Labute approximate surface area is 157 Å². The molecule has 1 heterocycles. The lowest BCUT2D eigenvalue weighted by atomic mass is 10.2. The lowest BCUT2D eigenvalue weighted by Gasteiger charge is -2.08. The average Bonchev–Trinajstić information content (AvgIpc) is 3.12. The molecule has 0 bridgehead atoms. The molecule has 0 saturated carbocycles. The second-order valence-electron chi connectivity index (χ2n) is 5.38. The first-order valence-corrected chi connectivity index (χ1v) is 9.37. The monoisotopic (exact) mass is 367 g/mol. The highest BCUT2D eigenvalue weighted by Gasteiger charge is 2.04. The Bertz CT molecular complexity index is 838. The van der Waals surface area contributed by atoms with Crippen LogP contribution in [0.3, 0.4) is 0 Å². The third-order valence-electron chi connectivity index (χ3n) is 3.47. The van der Waals surface area contributed by atoms with Crippen LogP contribution in [-0.4, -0.2) is 24.4 Å². The molecule has 3 aromatic rings. The van der Waals surface area contributed by atoms with Gasteiger partial charge in [-0.15, -0.1) is 11.3 Å². The zero-order valence-corrected chi connectivity index (χ0v) is 15.6. The van der Waals surface area contributed by atoms with Crippen molar-refractivity contribution in [2.45, 2.75) is 13.8 Å². The van der Waals surface area contributed by atoms with E-state index in [2.05, 4.69) is 15.5 Å². The van der Waals surface area contributed by atoms with Gasteiger partial charge in [0.05, 0.1) is 25.1 Å². The van der Waals surface area contributed by atoms with Crippen molar-refractivity contribution in [3.05, 3.63) is 59.5 Å². The summed E-state index contributed by atoms with van der Waals surface area (Å²) >= 11 is 1.52. The van der Waals surface area contributed by atoms with Gasteiger partial charge in [-0.2, -0.15) is 5.10 Å². The molecule has 0 aliphatic rings. The molecule has 0 radical (unpaired) electrons. The molecule has 0 atom stereocenters. The Kier molecular flexibility index (Phi) is 6.22. The minimum absolute atomic E-state index is 0.603. The summed E-state index contributed by atoms with van der Waals surface area (Å²) in [6.07, 6.45) is 1.73. The van der Waals surface area contributed by atoms with E-state index in [1.807, 2.05) is 67.8 Å². The summed E-state index contributed by atoms with van der Waals surface area (Å²) in [6, 6.07) is 15.8. The summed E-state index contributed by atoms with van der Waals surface area (Å²) in [5.74, 6) is 1.53. The maximum atomic E-state index is 5.58. The molecule has 5 nitrogen and oxygen atoms in total. The van der Waals surface area contributed by atoms with Crippen molar-refractivity contribution in [2.24, 2.45) is 5.10 Å². The molecule has 1 aromatic heterocycles. The highest BCUT2D eigenvalue weighted by atomic mass is 32.1. The molecule has 0 saturated heterocycles. The summed E-state index contributed by atoms with van der Waals surface area (Å²) in [6.45, 7) is 5.11. The number of nitrogens with one attached hydrogen (secondary N) is 1. The Balaban J connectivity index is 1.69. The molecule has 6 heteroatoms. The average molecular weight is 367 g/mol. The van der Waals surface area contributed by atoms with Crippen LogP contribution in [0, 0.1) is 0 Å². The van der Waals surface area contributed by atoms with Gasteiger partial charge in [-0.25, -0.2) is 4.98 Å². The number of ether oxygens (including phenoxy) is 2. The third kappa shape index (κ3) is 4.83. The third-order valence-corrected chi connectivity index (χ3v) is 4.22. The van der Waals surface area contributed by atoms with Gasteiger partial charge in [0, 0.05) is 22.6 Å². The van der Waals surface area contributed by atoms with Gasteiger partial charge in [0.15, 0.2) is 0 Å². The lowest BCUT2D eigenvalue weighted by molar-refractivity contribution is 0.323. The number of rotatable bonds is 8. The van der Waals surface area contributed by atoms with Gasteiger partial charge >= 0.3 is 0 Å². The zero-order valence-electron chi connectivity index (χ0n) is 14.8. The van der Waals surface area contributed by atoms with Crippen molar-refractivity contribution in [1.29, 1.82) is 0 Å². The summed E-state index contributed by atoms with van der Waals surface area (Å²) in [4.78, 5) is 4.55. The smallest absolute Gasteiger partial charge is 0.203 e. The molecule has 0 aliphatic carbocycles. The maximum absolute atomic E-state index is 5.58. The predicted octanol–water partition coefficient (Wildman–Crippen LogP) is 5.05. The number of nitrogens with zero attached hydrogens (tertiary/aromatic N) is 2. The molecule has 26 heavy (non-hydrogen) atoms. The van der Waals surface area contributed by atoms with Crippen molar-refractivity contribution in [3.63, 3.8) is 0 Å². The fourth-order valence-electron chi connectivity index (χ4n) is 2.40. The van der Waals surface area contributed by atoms with Gasteiger partial charge in [-0.1, -0.05) is 30.3 Å². The Morgan fingerprint density at radius 2 is 1.73 bits per heavy atom. The summed E-state index contributed by atoms with van der Waals surface area (Å²) < 4.78 is 11.2. The van der Waals surface area contributed by atoms with E-state index in [1.54, 1.807) is 6.21 Å². The largest absolute Gasteiger partial charge is 0.494 e. The highest BCUT2D eigenvalue weighted by Crippen LogP contribution is 2.25. The number of benzene rings is 2. The minimum Gasteiger partial charge on any atom is -0.494 e. The van der Waals surface area contributed by atoms with Crippen molar-refractivity contribution >= 4 is 22.7 Å². The lowest BCUT2D eigenvalue weighted by Crippen LogP contribution is -1.97. The SMILES string of the molecule is CCOc1cc(C=NNc2nc(-c3ccccc3)cs2)cc(OCC)c1. The zero-order chi connectivity index (χ0) is 18.2. The molecule has 0 fully saturated rings. The fourth-order valence-corrected chi connectivity index (χ4v) is 3.07. The van der Waals surface area contributed by atoms with E-state index in [9.17, 15) is 0 Å². The number of hydrogen-bond acceptors (Lipinski definition) is 6. The van der Waals surface area contributed by atoms with E-state index in [0.29, 0.717) is 13.2 Å². The number of thiazole rings is 1. The summed E-state index contributed by atoms with van der Waals surface area (Å²) in [5.41, 5.74) is 5.90. The van der Waals surface area contributed by atoms with E-state index in [0.717, 1.165) is 33.5 Å².